The van der Waals surface area contributed by atoms with Crippen LogP contribution < -0.4 is 5.73 Å². The Morgan fingerprint density at radius 3 is 2.38 bits per heavy atom. The van der Waals surface area contributed by atoms with Crippen molar-refractivity contribution in [1.82, 2.24) is 9.80 Å². The number of likely N-dealkylation sites (N-methyl/N-ethyl adjacent to an activating group) is 1. The molecule has 0 spiro atoms. The summed E-state index contributed by atoms with van der Waals surface area (Å²) in [6.45, 7) is 9.31. The maximum atomic E-state index is 5.86. The molecule has 0 atom stereocenters. The monoisotopic (exact) mass is 230 g/mol. The Labute approximate surface area is 99.3 Å². The average Bonchev–Trinajstić information content (AvgIpc) is 2.28. The van der Waals surface area contributed by atoms with Crippen molar-refractivity contribution in [2.45, 2.75) is 13.8 Å². The molecule has 0 heterocycles. The quantitative estimate of drug-likeness (QED) is 0.479. The zero-order valence-electron chi connectivity index (χ0n) is 11.1. The molecule has 0 saturated carbocycles. The van der Waals surface area contributed by atoms with E-state index in [2.05, 4.69) is 35.7 Å². The Balaban J connectivity index is 3.80. The molecule has 5 nitrogen and oxygen atoms in total. The van der Waals surface area contributed by atoms with Gasteiger partial charge in [0, 0.05) is 33.3 Å². The van der Waals surface area contributed by atoms with Gasteiger partial charge in [-0.2, -0.15) is 0 Å². The second-order valence-electron chi connectivity index (χ2n) is 3.71. The Morgan fingerprint density at radius 2 is 1.88 bits per heavy atom. The molecule has 0 amide bonds. The molecular weight excluding hydrogens is 204 g/mol. The van der Waals surface area contributed by atoms with Gasteiger partial charge in [0.15, 0.2) is 5.96 Å². The van der Waals surface area contributed by atoms with Crippen LogP contribution in [0.15, 0.2) is 4.99 Å². The standard InChI is InChI=1S/C11H26N4O/c1-5-15(6-2)11(12)13-7-8-14(3)9-10-16-4/h5-10H2,1-4H3,(H2,12,13). The van der Waals surface area contributed by atoms with E-state index in [1.165, 1.54) is 0 Å². The van der Waals surface area contributed by atoms with E-state index in [-0.39, 0.29) is 0 Å². The number of nitrogens with zero attached hydrogens (tertiary/aromatic N) is 3. The summed E-state index contributed by atoms with van der Waals surface area (Å²) in [7, 11) is 3.77. The molecule has 0 radical (unpaired) electrons. The van der Waals surface area contributed by atoms with E-state index >= 15 is 0 Å². The van der Waals surface area contributed by atoms with Crippen molar-refractivity contribution >= 4 is 5.96 Å². The smallest absolute Gasteiger partial charge is 0.191 e. The molecular formula is C11H26N4O. The third kappa shape index (κ3) is 6.63. The molecule has 0 aromatic rings. The Morgan fingerprint density at radius 1 is 1.25 bits per heavy atom. The molecule has 0 aliphatic rings. The van der Waals surface area contributed by atoms with Crippen molar-refractivity contribution in [3.8, 4) is 0 Å². The lowest BCUT2D eigenvalue weighted by Crippen LogP contribution is -2.37. The van der Waals surface area contributed by atoms with Crippen LogP contribution in [-0.4, -0.2) is 69.2 Å². The van der Waals surface area contributed by atoms with Crippen molar-refractivity contribution in [3.63, 3.8) is 0 Å². The third-order valence-corrected chi connectivity index (χ3v) is 2.52. The molecule has 16 heavy (non-hydrogen) atoms. The third-order valence-electron chi connectivity index (χ3n) is 2.52. The van der Waals surface area contributed by atoms with Gasteiger partial charge in [0.25, 0.3) is 0 Å². The van der Waals surface area contributed by atoms with E-state index in [1.807, 2.05) is 0 Å². The van der Waals surface area contributed by atoms with Gasteiger partial charge in [-0.3, -0.25) is 4.99 Å². The van der Waals surface area contributed by atoms with Crippen LogP contribution in [0.5, 0.6) is 0 Å². The first kappa shape index (κ1) is 15.2. The normalized spacial score (nSPS) is 12.2. The summed E-state index contributed by atoms with van der Waals surface area (Å²) in [5.74, 6) is 0.644. The highest BCUT2D eigenvalue weighted by Gasteiger charge is 2.02. The second-order valence-corrected chi connectivity index (χ2v) is 3.71. The average molecular weight is 230 g/mol. The first-order valence-electron chi connectivity index (χ1n) is 5.88. The second kappa shape index (κ2) is 9.42. The topological polar surface area (TPSA) is 54.1 Å². The first-order valence-corrected chi connectivity index (χ1v) is 5.88. The summed E-state index contributed by atoms with van der Waals surface area (Å²) in [5, 5.41) is 0. The zero-order chi connectivity index (χ0) is 12.4. The van der Waals surface area contributed by atoms with Gasteiger partial charge in [-0.1, -0.05) is 0 Å². The van der Waals surface area contributed by atoms with Crippen LogP contribution in [0.3, 0.4) is 0 Å². The van der Waals surface area contributed by atoms with Gasteiger partial charge >= 0.3 is 0 Å². The van der Waals surface area contributed by atoms with Crippen LogP contribution in [0, 0.1) is 0 Å². The fourth-order valence-electron chi connectivity index (χ4n) is 1.34. The predicted molar refractivity (Wildman–Crippen MR) is 68.8 cm³/mol. The summed E-state index contributed by atoms with van der Waals surface area (Å²) >= 11 is 0. The van der Waals surface area contributed by atoms with E-state index in [0.717, 1.165) is 39.3 Å². The highest BCUT2D eigenvalue weighted by molar-refractivity contribution is 5.77. The molecule has 0 aliphatic heterocycles. The number of rotatable bonds is 8. The van der Waals surface area contributed by atoms with Crippen LogP contribution in [0.2, 0.25) is 0 Å². The molecule has 0 bridgehead atoms. The molecule has 0 rings (SSSR count). The van der Waals surface area contributed by atoms with Crippen LogP contribution in [0.4, 0.5) is 0 Å². The molecule has 0 aromatic heterocycles. The van der Waals surface area contributed by atoms with E-state index in [9.17, 15) is 0 Å². The van der Waals surface area contributed by atoms with E-state index in [4.69, 9.17) is 10.5 Å². The van der Waals surface area contributed by atoms with Crippen LogP contribution in [0.1, 0.15) is 13.8 Å². The largest absolute Gasteiger partial charge is 0.383 e. The lowest BCUT2D eigenvalue weighted by atomic mass is 10.5. The molecule has 96 valence electrons. The maximum Gasteiger partial charge on any atom is 0.191 e. The van der Waals surface area contributed by atoms with E-state index in [0.29, 0.717) is 5.96 Å². The molecule has 0 saturated heterocycles. The summed E-state index contributed by atoms with van der Waals surface area (Å²) in [6.07, 6.45) is 0. The summed E-state index contributed by atoms with van der Waals surface area (Å²) in [5.41, 5.74) is 5.86. The molecule has 5 heteroatoms. The van der Waals surface area contributed by atoms with Crippen molar-refractivity contribution in [2.75, 3.05) is 53.5 Å². The van der Waals surface area contributed by atoms with Gasteiger partial charge in [-0.05, 0) is 20.9 Å². The Kier molecular flexibility index (Phi) is 8.94. The number of nitrogens with two attached hydrogens (primary N) is 1. The van der Waals surface area contributed by atoms with Gasteiger partial charge in [-0.15, -0.1) is 0 Å². The zero-order valence-corrected chi connectivity index (χ0v) is 11.1. The number of hydrogen-bond donors (Lipinski definition) is 1. The van der Waals surface area contributed by atoms with Gasteiger partial charge in [-0.25, -0.2) is 0 Å². The van der Waals surface area contributed by atoms with Gasteiger partial charge < -0.3 is 20.3 Å². The van der Waals surface area contributed by atoms with Crippen molar-refractivity contribution in [3.05, 3.63) is 0 Å². The highest BCUT2D eigenvalue weighted by atomic mass is 16.5. The minimum absolute atomic E-state index is 0.644. The predicted octanol–water partition coefficient (Wildman–Crippen LogP) is 0.221. The number of hydrogen-bond acceptors (Lipinski definition) is 3. The Bertz CT molecular complexity index is 192. The minimum Gasteiger partial charge on any atom is -0.383 e. The number of aliphatic imine (C=N–C) groups is 1. The SMILES string of the molecule is CCN(CC)C(N)=NCCN(C)CCOC. The minimum atomic E-state index is 0.644. The van der Waals surface area contributed by atoms with E-state index in [1.54, 1.807) is 7.11 Å². The molecule has 0 unspecified atom stereocenters. The van der Waals surface area contributed by atoms with Gasteiger partial charge in [0.05, 0.1) is 13.2 Å². The fourth-order valence-corrected chi connectivity index (χ4v) is 1.34. The van der Waals surface area contributed by atoms with Crippen molar-refractivity contribution < 1.29 is 4.74 Å². The summed E-state index contributed by atoms with van der Waals surface area (Å²) in [6, 6.07) is 0. The molecule has 0 aliphatic carbocycles. The first-order chi connectivity index (χ1) is 7.65. The molecule has 0 fully saturated rings. The maximum absolute atomic E-state index is 5.86. The van der Waals surface area contributed by atoms with Crippen LogP contribution in [-0.2, 0) is 4.74 Å². The number of guanidine groups is 1. The number of methoxy groups -OCH3 is 1. The molecule has 0 aromatic carbocycles. The van der Waals surface area contributed by atoms with E-state index < -0.39 is 0 Å². The van der Waals surface area contributed by atoms with Gasteiger partial charge in [0.1, 0.15) is 0 Å². The lowest BCUT2D eigenvalue weighted by Gasteiger charge is -2.20. The van der Waals surface area contributed by atoms with Crippen LogP contribution >= 0.6 is 0 Å². The summed E-state index contributed by atoms with van der Waals surface area (Å²) in [4.78, 5) is 8.59. The summed E-state index contributed by atoms with van der Waals surface area (Å²) < 4.78 is 5.00. The van der Waals surface area contributed by atoms with Crippen molar-refractivity contribution in [2.24, 2.45) is 10.7 Å². The number of ether oxygens (including phenoxy) is 1. The molecule has 2 N–H and O–H groups in total. The van der Waals surface area contributed by atoms with Gasteiger partial charge in [0.2, 0.25) is 0 Å². The lowest BCUT2D eigenvalue weighted by molar-refractivity contribution is 0.163. The Hall–Kier alpha value is -0.810. The van der Waals surface area contributed by atoms with Crippen molar-refractivity contribution in [1.29, 1.82) is 0 Å². The van der Waals surface area contributed by atoms with Crippen LogP contribution in [0.25, 0.3) is 0 Å². The highest BCUT2D eigenvalue weighted by Crippen LogP contribution is 1.88. The fraction of sp³-hybridized carbons (Fsp3) is 0.909.